The second-order valence-corrected chi connectivity index (χ2v) is 10.2. The lowest BCUT2D eigenvalue weighted by molar-refractivity contribution is -0.139. The van der Waals surface area contributed by atoms with E-state index < -0.39 is 17.6 Å². The lowest BCUT2D eigenvalue weighted by atomic mass is 9.74. The molecule has 1 aliphatic heterocycles. The second kappa shape index (κ2) is 9.72. The van der Waals surface area contributed by atoms with Crippen LogP contribution >= 0.6 is 0 Å². The number of fused-ring (bicyclic) bond motifs is 3. The summed E-state index contributed by atoms with van der Waals surface area (Å²) in [5.41, 5.74) is 4.16. The van der Waals surface area contributed by atoms with Crippen molar-refractivity contribution < 1.29 is 24.2 Å². The fraction of sp³-hybridized carbons (Fsp3) is 0.464. The molecule has 2 aromatic rings. The number of hydrogen-bond donors (Lipinski definition) is 2. The molecular weight excluding hydrogens is 444 g/mol. The van der Waals surface area contributed by atoms with Crippen LogP contribution in [0.2, 0.25) is 0 Å². The molecule has 7 nitrogen and oxygen atoms in total. The Bertz CT molecular complexity index is 1070. The van der Waals surface area contributed by atoms with Gasteiger partial charge in [-0.2, -0.15) is 0 Å². The Morgan fingerprint density at radius 2 is 1.57 bits per heavy atom. The number of amides is 2. The number of ether oxygens (including phenoxy) is 1. The zero-order chi connectivity index (χ0) is 24.4. The van der Waals surface area contributed by atoms with E-state index in [1.54, 1.807) is 0 Å². The minimum Gasteiger partial charge on any atom is -0.481 e. The summed E-state index contributed by atoms with van der Waals surface area (Å²) >= 11 is 0. The van der Waals surface area contributed by atoms with Crippen molar-refractivity contribution in [2.75, 3.05) is 19.7 Å². The van der Waals surface area contributed by atoms with Crippen molar-refractivity contribution in [1.82, 2.24) is 10.2 Å². The minimum absolute atomic E-state index is 0.000722. The molecule has 1 saturated carbocycles. The Morgan fingerprint density at radius 3 is 2.11 bits per heavy atom. The van der Waals surface area contributed by atoms with Crippen molar-refractivity contribution in [2.45, 2.75) is 56.4 Å². The number of nitrogens with zero attached hydrogens (tertiary/aromatic N) is 1. The lowest BCUT2D eigenvalue weighted by Gasteiger charge is -2.43. The Labute approximate surface area is 205 Å². The third kappa shape index (κ3) is 4.90. The van der Waals surface area contributed by atoms with Crippen molar-refractivity contribution in [3.05, 3.63) is 59.7 Å². The highest BCUT2D eigenvalue weighted by Crippen LogP contribution is 2.44. The Morgan fingerprint density at radius 1 is 0.971 bits per heavy atom. The SMILES string of the molecule is O=C(O)CC1CCN(C(=O)CC2(NC(=O)OCC3c4ccccc4-c4ccccc43)CCC2)CC1. The molecule has 0 atom stereocenters. The van der Waals surface area contributed by atoms with Crippen LogP contribution in [0.25, 0.3) is 11.1 Å². The average Bonchev–Trinajstić information content (AvgIpc) is 3.15. The van der Waals surface area contributed by atoms with E-state index in [-0.39, 0.29) is 37.2 Å². The Hall–Kier alpha value is -3.35. The van der Waals surface area contributed by atoms with Crippen LogP contribution < -0.4 is 5.32 Å². The molecule has 2 fully saturated rings. The van der Waals surface area contributed by atoms with Gasteiger partial charge in [0.1, 0.15) is 6.61 Å². The van der Waals surface area contributed by atoms with Crippen LogP contribution in [0, 0.1) is 5.92 Å². The highest BCUT2D eigenvalue weighted by molar-refractivity contribution is 5.80. The molecule has 0 aromatic heterocycles. The van der Waals surface area contributed by atoms with Gasteiger partial charge in [-0.25, -0.2) is 4.79 Å². The van der Waals surface area contributed by atoms with Gasteiger partial charge in [0.2, 0.25) is 5.91 Å². The van der Waals surface area contributed by atoms with Gasteiger partial charge in [0.25, 0.3) is 0 Å². The highest BCUT2D eigenvalue weighted by atomic mass is 16.5. The van der Waals surface area contributed by atoms with Crippen LogP contribution in [-0.4, -0.2) is 53.2 Å². The molecule has 3 aliphatic rings. The number of alkyl carbamates (subject to hydrolysis) is 1. The number of carboxylic acid groups (broad SMARTS) is 1. The van der Waals surface area contributed by atoms with Crippen molar-refractivity contribution >= 4 is 18.0 Å². The molecule has 2 amide bonds. The molecule has 0 bridgehead atoms. The van der Waals surface area contributed by atoms with Crippen LogP contribution in [0.5, 0.6) is 0 Å². The number of carbonyl (C=O) groups excluding carboxylic acids is 2. The fourth-order valence-electron chi connectivity index (χ4n) is 5.84. The number of nitrogens with one attached hydrogen (secondary N) is 1. The van der Waals surface area contributed by atoms with Crippen LogP contribution in [0.4, 0.5) is 4.79 Å². The first-order valence-electron chi connectivity index (χ1n) is 12.6. The summed E-state index contributed by atoms with van der Waals surface area (Å²) in [6.07, 6.45) is 3.87. The Kier molecular flexibility index (Phi) is 6.50. The largest absolute Gasteiger partial charge is 0.481 e. The van der Waals surface area contributed by atoms with E-state index in [9.17, 15) is 14.4 Å². The molecule has 5 rings (SSSR count). The van der Waals surface area contributed by atoms with E-state index in [1.165, 1.54) is 22.3 Å². The first-order valence-corrected chi connectivity index (χ1v) is 12.6. The number of benzene rings is 2. The second-order valence-electron chi connectivity index (χ2n) is 10.2. The van der Waals surface area contributed by atoms with E-state index >= 15 is 0 Å². The molecule has 184 valence electrons. The summed E-state index contributed by atoms with van der Waals surface area (Å²) in [5.74, 6) is -0.625. The molecule has 2 aliphatic carbocycles. The highest BCUT2D eigenvalue weighted by Gasteiger charge is 2.42. The summed E-state index contributed by atoms with van der Waals surface area (Å²) in [5, 5.41) is 12.0. The van der Waals surface area contributed by atoms with Gasteiger partial charge in [-0.1, -0.05) is 48.5 Å². The number of carbonyl (C=O) groups is 3. The van der Waals surface area contributed by atoms with E-state index in [1.807, 2.05) is 29.2 Å². The molecule has 0 radical (unpaired) electrons. The Balaban J connectivity index is 1.16. The molecule has 35 heavy (non-hydrogen) atoms. The lowest BCUT2D eigenvalue weighted by Crippen LogP contribution is -2.56. The van der Waals surface area contributed by atoms with Crippen molar-refractivity contribution in [1.29, 1.82) is 0 Å². The maximum atomic E-state index is 13.0. The van der Waals surface area contributed by atoms with Gasteiger partial charge in [0.05, 0.1) is 12.0 Å². The van der Waals surface area contributed by atoms with Gasteiger partial charge in [-0.05, 0) is 60.3 Å². The van der Waals surface area contributed by atoms with Gasteiger partial charge < -0.3 is 20.1 Å². The maximum Gasteiger partial charge on any atom is 0.407 e. The quantitative estimate of drug-likeness (QED) is 0.611. The number of likely N-dealkylation sites (tertiary alicyclic amines) is 1. The van der Waals surface area contributed by atoms with Crippen LogP contribution in [0.3, 0.4) is 0 Å². The normalized spacial score (nSPS) is 18.8. The third-order valence-electron chi connectivity index (χ3n) is 7.94. The van der Waals surface area contributed by atoms with Gasteiger partial charge in [0, 0.05) is 25.4 Å². The number of rotatable bonds is 7. The van der Waals surface area contributed by atoms with Crippen LogP contribution in [0.1, 0.15) is 62.0 Å². The summed E-state index contributed by atoms with van der Waals surface area (Å²) in [6, 6.07) is 16.5. The number of piperidine rings is 1. The predicted molar refractivity (Wildman–Crippen MR) is 131 cm³/mol. The number of hydrogen-bond acceptors (Lipinski definition) is 4. The number of carboxylic acids is 1. The number of aliphatic carboxylic acids is 1. The van der Waals surface area contributed by atoms with Gasteiger partial charge in [-0.3, -0.25) is 9.59 Å². The molecule has 1 heterocycles. The zero-order valence-electron chi connectivity index (χ0n) is 19.9. The standard InChI is InChI=1S/C28H32N2O5/c31-25(30-14-10-19(11-15-30)16-26(32)33)17-28(12-5-13-28)29-27(34)35-18-24-22-8-3-1-6-20(22)21-7-2-4-9-23(21)24/h1-4,6-9,19,24H,5,10-18H2,(H,29,34)(H,32,33). The third-order valence-corrected chi connectivity index (χ3v) is 7.94. The van der Waals surface area contributed by atoms with Gasteiger partial charge in [0.15, 0.2) is 0 Å². The average molecular weight is 477 g/mol. The van der Waals surface area contributed by atoms with Crippen molar-refractivity contribution in [3.8, 4) is 11.1 Å². The monoisotopic (exact) mass is 476 g/mol. The topological polar surface area (TPSA) is 95.9 Å². The summed E-state index contributed by atoms with van der Waals surface area (Å²) in [4.78, 5) is 38.6. The van der Waals surface area contributed by atoms with Crippen LogP contribution in [0.15, 0.2) is 48.5 Å². The van der Waals surface area contributed by atoms with Crippen molar-refractivity contribution in [2.24, 2.45) is 5.92 Å². The minimum atomic E-state index is -0.782. The molecule has 7 heteroatoms. The molecule has 0 spiro atoms. The first kappa shape index (κ1) is 23.4. The van der Waals surface area contributed by atoms with Gasteiger partial charge in [-0.15, -0.1) is 0 Å². The summed E-state index contributed by atoms with van der Waals surface area (Å²) in [7, 11) is 0. The zero-order valence-corrected chi connectivity index (χ0v) is 19.9. The molecular formula is C28H32N2O5. The molecule has 0 unspecified atom stereocenters. The first-order chi connectivity index (χ1) is 16.9. The molecule has 2 aromatic carbocycles. The maximum absolute atomic E-state index is 13.0. The molecule has 2 N–H and O–H groups in total. The summed E-state index contributed by atoms with van der Waals surface area (Å²) < 4.78 is 5.72. The predicted octanol–water partition coefficient (Wildman–Crippen LogP) is 4.55. The van der Waals surface area contributed by atoms with E-state index in [0.717, 1.165) is 19.3 Å². The van der Waals surface area contributed by atoms with Gasteiger partial charge >= 0.3 is 12.1 Å². The van der Waals surface area contributed by atoms with Crippen LogP contribution in [-0.2, 0) is 14.3 Å². The van der Waals surface area contributed by atoms with E-state index in [2.05, 4.69) is 29.6 Å². The van der Waals surface area contributed by atoms with Crippen molar-refractivity contribution in [3.63, 3.8) is 0 Å². The summed E-state index contributed by atoms with van der Waals surface area (Å²) in [6.45, 7) is 1.41. The smallest absolute Gasteiger partial charge is 0.407 e. The molecule has 1 saturated heterocycles. The fourth-order valence-corrected chi connectivity index (χ4v) is 5.84. The van der Waals surface area contributed by atoms with E-state index in [4.69, 9.17) is 9.84 Å². The van der Waals surface area contributed by atoms with E-state index in [0.29, 0.717) is 25.9 Å².